The lowest BCUT2D eigenvalue weighted by molar-refractivity contribution is -0.131. The summed E-state index contributed by atoms with van der Waals surface area (Å²) >= 11 is 0. The monoisotopic (exact) mass is 327 g/mol. The number of hydrogen-bond acceptors (Lipinski definition) is 3. The molecule has 0 aromatic carbocycles. The molecule has 6 heteroatoms. The number of nitrogens with one attached hydrogen (secondary N) is 2. The van der Waals surface area contributed by atoms with Gasteiger partial charge < -0.3 is 15.5 Å². The fourth-order valence-electron chi connectivity index (χ4n) is 2.34. The van der Waals surface area contributed by atoms with Gasteiger partial charge in [-0.05, 0) is 46.7 Å². The van der Waals surface area contributed by atoms with E-state index >= 15 is 0 Å². The summed E-state index contributed by atoms with van der Waals surface area (Å²) in [4.78, 5) is 14.5. The van der Waals surface area contributed by atoms with Gasteiger partial charge in [-0.2, -0.15) is 0 Å². The second-order valence-corrected chi connectivity index (χ2v) is 5.83. The molecule has 4 nitrogen and oxygen atoms in total. The maximum Gasteiger partial charge on any atom is 0.227 e. The van der Waals surface area contributed by atoms with Crippen LogP contribution in [0.15, 0.2) is 0 Å². The fraction of sp³-hybridized carbons (Fsp3) is 0.929. The molecule has 0 aliphatic carbocycles. The van der Waals surface area contributed by atoms with Crippen LogP contribution >= 0.6 is 24.8 Å². The van der Waals surface area contributed by atoms with Crippen LogP contribution in [0.1, 0.15) is 40.0 Å². The third-order valence-corrected chi connectivity index (χ3v) is 4.24. The van der Waals surface area contributed by atoms with Gasteiger partial charge in [-0.25, -0.2) is 0 Å². The van der Waals surface area contributed by atoms with Gasteiger partial charge in [0, 0.05) is 25.7 Å². The Morgan fingerprint density at radius 3 is 2.60 bits per heavy atom. The van der Waals surface area contributed by atoms with Crippen LogP contribution in [-0.2, 0) is 4.79 Å². The molecule has 1 heterocycles. The van der Waals surface area contributed by atoms with Gasteiger partial charge >= 0.3 is 0 Å². The summed E-state index contributed by atoms with van der Waals surface area (Å²) < 4.78 is 0. The summed E-state index contributed by atoms with van der Waals surface area (Å²) in [5, 5.41) is 6.39. The number of piperidine rings is 1. The molecule has 1 fully saturated rings. The van der Waals surface area contributed by atoms with Crippen LogP contribution in [0.2, 0.25) is 0 Å². The molecule has 122 valence electrons. The Hall–Kier alpha value is -0.0300. The van der Waals surface area contributed by atoms with Crippen LogP contribution in [-0.4, -0.2) is 50.1 Å². The zero-order valence-corrected chi connectivity index (χ0v) is 14.8. The van der Waals surface area contributed by atoms with Crippen molar-refractivity contribution in [2.75, 3.05) is 33.2 Å². The third-order valence-electron chi connectivity index (χ3n) is 4.24. The first-order valence-corrected chi connectivity index (χ1v) is 7.19. The molecule has 2 atom stereocenters. The molecule has 0 bridgehead atoms. The molecule has 0 aromatic heterocycles. The zero-order valence-electron chi connectivity index (χ0n) is 13.2. The Bertz CT molecular complexity index is 271. The van der Waals surface area contributed by atoms with Crippen LogP contribution in [0.3, 0.4) is 0 Å². The highest BCUT2D eigenvalue weighted by atomic mass is 35.5. The molecule has 1 saturated heterocycles. The SMILES string of the molecule is CCC(C)N(C)CCNC(=O)C1(C)CCCNC1.Cl.Cl. The minimum Gasteiger partial charge on any atom is -0.354 e. The molecule has 0 saturated carbocycles. The molecule has 2 N–H and O–H groups in total. The summed E-state index contributed by atoms with van der Waals surface area (Å²) in [6, 6.07) is 0.578. The standard InChI is InChI=1S/C14H29N3O.2ClH/c1-5-12(2)17(4)10-9-16-13(18)14(3)7-6-8-15-11-14;;/h12,15H,5-11H2,1-4H3,(H,16,18);2*1H. The minimum absolute atomic E-state index is 0. The number of amides is 1. The van der Waals surface area contributed by atoms with Crippen molar-refractivity contribution in [1.82, 2.24) is 15.5 Å². The van der Waals surface area contributed by atoms with E-state index in [-0.39, 0.29) is 36.1 Å². The number of nitrogens with zero attached hydrogens (tertiary/aromatic N) is 1. The van der Waals surface area contributed by atoms with Gasteiger partial charge in [-0.1, -0.05) is 6.92 Å². The molecule has 2 unspecified atom stereocenters. The maximum absolute atomic E-state index is 12.2. The molecule has 0 aromatic rings. The Morgan fingerprint density at radius 1 is 1.45 bits per heavy atom. The Morgan fingerprint density at radius 2 is 2.10 bits per heavy atom. The van der Waals surface area contributed by atoms with Gasteiger partial charge in [-0.15, -0.1) is 24.8 Å². The van der Waals surface area contributed by atoms with E-state index in [2.05, 4.69) is 43.4 Å². The van der Waals surface area contributed by atoms with E-state index in [1.54, 1.807) is 0 Å². The van der Waals surface area contributed by atoms with Crippen molar-refractivity contribution in [3.8, 4) is 0 Å². The van der Waals surface area contributed by atoms with E-state index in [0.29, 0.717) is 6.04 Å². The van der Waals surface area contributed by atoms with Gasteiger partial charge in [0.1, 0.15) is 0 Å². The topological polar surface area (TPSA) is 44.4 Å². The van der Waals surface area contributed by atoms with Crippen LogP contribution in [0.4, 0.5) is 0 Å². The van der Waals surface area contributed by atoms with E-state index in [9.17, 15) is 4.79 Å². The normalized spacial score (nSPS) is 23.4. The first kappa shape index (κ1) is 22.3. The number of hydrogen-bond donors (Lipinski definition) is 2. The summed E-state index contributed by atoms with van der Waals surface area (Å²) in [6.45, 7) is 9.98. The van der Waals surface area contributed by atoms with Crippen molar-refractivity contribution in [3.05, 3.63) is 0 Å². The highest BCUT2D eigenvalue weighted by Crippen LogP contribution is 2.25. The van der Waals surface area contributed by atoms with Gasteiger partial charge in [0.05, 0.1) is 5.41 Å². The second kappa shape index (κ2) is 10.7. The molecule has 0 spiro atoms. The third kappa shape index (κ3) is 6.61. The average molecular weight is 328 g/mol. The predicted octanol–water partition coefficient (Wildman–Crippen LogP) is 2.07. The number of likely N-dealkylation sites (N-methyl/N-ethyl adjacent to an activating group) is 1. The van der Waals surface area contributed by atoms with E-state index in [1.165, 1.54) is 0 Å². The van der Waals surface area contributed by atoms with Gasteiger partial charge in [-0.3, -0.25) is 4.79 Å². The number of halogens is 2. The Labute approximate surface area is 136 Å². The van der Waals surface area contributed by atoms with Crippen LogP contribution in [0.25, 0.3) is 0 Å². The Kier molecular flexibility index (Phi) is 11.9. The van der Waals surface area contributed by atoms with Crippen molar-refractivity contribution in [2.45, 2.75) is 46.1 Å². The van der Waals surface area contributed by atoms with Crippen molar-refractivity contribution in [3.63, 3.8) is 0 Å². The molecule has 0 radical (unpaired) electrons. The molecule has 1 aliphatic rings. The van der Waals surface area contributed by atoms with E-state index < -0.39 is 0 Å². The maximum atomic E-state index is 12.2. The summed E-state index contributed by atoms with van der Waals surface area (Å²) in [7, 11) is 2.12. The highest BCUT2D eigenvalue weighted by molar-refractivity contribution is 5.85. The van der Waals surface area contributed by atoms with Gasteiger partial charge in [0.15, 0.2) is 0 Å². The minimum atomic E-state index is -0.215. The van der Waals surface area contributed by atoms with Gasteiger partial charge in [0.2, 0.25) is 5.91 Å². The summed E-state index contributed by atoms with van der Waals surface area (Å²) in [5.41, 5.74) is -0.215. The molecular formula is C14H31Cl2N3O. The largest absolute Gasteiger partial charge is 0.354 e. The first-order chi connectivity index (χ1) is 8.49. The molecule has 1 aliphatic heterocycles. The highest BCUT2D eigenvalue weighted by Gasteiger charge is 2.34. The van der Waals surface area contributed by atoms with Crippen LogP contribution in [0, 0.1) is 5.41 Å². The molecule has 1 rings (SSSR count). The molecule has 20 heavy (non-hydrogen) atoms. The predicted molar refractivity (Wildman–Crippen MR) is 90.1 cm³/mol. The first-order valence-electron chi connectivity index (χ1n) is 7.19. The quantitative estimate of drug-likeness (QED) is 0.784. The fourth-order valence-corrected chi connectivity index (χ4v) is 2.34. The average Bonchev–Trinajstić information content (AvgIpc) is 2.38. The lowest BCUT2D eigenvalue weighted by Crippen LogP contribution is -2.50. The van der Waals surface area contributed by atoms with E-state index in [4.69, 9.17) is 0 Å². The number of carbonyl (C=O) groups is 1. The zero-order chi connectivity index (χ0) is 13.6. The van der Waals surface area contributed by atoms with Crippen molar-refractivity contribution in [1.29, 1.82) is 0 Å². The summed E-state index contributed by atoms with van der Waals surface area (Å²) in [6.07, 6.45) is 3.23. The van der Waals surface area contributed by atoms with Crippen molar-refractivity contribution < 1.29 is 4.79 Å². The van der Waals surface area contributed by atoms with E-state index in [0.717, 1.165) is 45.4 Å². The lowest BCUT2D eigenvalue weighted by atomic mass is 9.82. The second-order valence-electron chi connectivity index (χ2n) is 5.83. The van der Waals surface area contributed by atoms with Gasteiger partial charge in [0.25, 0.3) is 0 Å². The van der Waals surface area contributed by atoms with Crippen LogP contribution < -0.4 is 10.6 Å². The Balaban J connectivity index is 0. The lowest BCUT2D eigenvalue weighted by Gasteiger charge is -2.33. The smallest absolute Gasteiger partial charge is 0.227 e. The van der Waals surface area contributed by atoms with E-state index in [1.807, 2.05) is 0 Å². The number of carbonyl (C=O) groups excluding carboxylic acids is 1. The van der Waals surface area contributed by atoms with Crippen molar-refractivity contribution in [2.24, 2.45) is 5.41 Å². The number of rotatable bonds is 6. The van der Waals surface area contributed by atoms with Crippen LogP contribution in [0.5, 0.6) is 0 Å². The molecular weight excluding hydrogens is 297 g/mol. The molecule has 1 amide bonds. The summed E-state index contributed by atoms with van der Waals surface area (Å²) in [5.74, 6) is 0.201. The van der Waals surface area contributed by atoms with Crippen molar-refractivity contribution >= 4 is 30.7 Å².